The van der Waals surface area contributed by atoms with Crippen molar-refractivity contribution in [2.24, 2.45) is 0 Å². The number of hydrogen-bond donors (Lipinski definition) is 1. The Morgan fingerprint density at radius 2 is 2.17 bits per heavy atom. The Morgan fingerprint density at radius 3 is 2.94 bits per heavy atom. The number of tetrazole rings is 1. The van der Waals surface area contributed by atoms with E-state index in [1.807, 2.05) is 24.3 Å². The first-order valence-electron chi connectivity index (χ1n) is 6.05. The number of aromatic nitrogens is 4. The first kappa shape index (κ1) is 11.6. The molecule has 0 saturated heterocycles. The summed E-state index contributed by atoms with van der Waals surface area (Å²) in [7, 11) is 0. The molecule has 0 atom stereocenters. The number of nitrogens with one attached hydrogen (secondary N) is 1. The van der Waals surface area contributed by atoms with Gasteiger partial charge in [-0.25, -0.2) is 4.68 Å². The van der Waals surface area contributed by atoms with Crippen molar-refractivity contribution in [2.75, 3.05) is 0 Å². The highest BCUT2D eigenvalue weighted by molar-refractivity contribution is 6.31. The maximum atomic E-state index is 6.13. The van der Waals surface area contributed by atoms with E-state index in [0.29, 0.717) is 19.1 Å². The van der Waals surface area contributed by atoms with Gasteiger partial charge in [-0.2, -0.15) is 0 Å². The van der Waals surface area contributed by atoms with Crippen LogP contribution in [0, 0.1) is 0 Å². The molecule has 1 aliphatic rings. The van der Waals surface area contributed by atoms with Gasteiger partial charge >= 0.3 is 0 Å². The second kappa shape index (κ2) is 5.04. The Bertz CT molecular complexity index is 535. The summed E-state index contributed by atoms with van der Waals surface area (Å²) in [5, 5.41) is 15.9. The maximum absolute atomic E-state index is 6.13. The number of nitrogens with zero attached hydrogens (tertiary/aromatic N) is 4. The largest absolute Gasteiger partial charge is 0.307 e. The van der Waals surface area contributed by atoms with E-state index in [9.17, 15) is 0 Å². The van der Waals surface area contributed by atoms with E-state index >= 15 is 0 Å². The summed E-state index contributed by atoms with van der Waals surface area (Å²) < 4.78 is 1.79. The summed E-state index contributed by atoms with van der Waals surface area (Å²) in [5.74, 6) is 0.849. The smallest absolute Gasteiger partial charge is 0.165 e. The van der Waals surface area contributed by atoms with Crippen LogP contribution in [0.25, 0.3) is 0 Å². The minimum atomic E-state index is 0.606. The molecule has 0 unspecified atom stereocenters. The monoisotopic (exact) mass is 263 g/mol. The quantitative estimate of drug-likeness (QED) is 0.891. The molecule has 1 aromatic carbocycles. The first-order chi connectivity index (χ1) is 8.83. The Hall–Kier alpha value is -1.46. The molecule has 0 radical (unpaired) electrons. The van der Waals surface area contributed by atoms with Crippen molar-refractivity contribution < 1.29 is 0 Å². The van der Waals surface area contributed by atoms with Crippen molar-refractivity contribution in [1.82, 2.24) is 25.5 Å². The van der Waals surface area contributed by atoms with Crippen molar-refractivity contribution >= 4 is 11.6 Å². The lowest BCUT2D eigenvalue weighted by molar-refractivity contribution is 0.578. The van der Waals surface area contributed by atoms with E-state index < -0.39 is 0 Å². The number of benzene rings is 1. The predicted octanol–water partition coefficient (Wildman–Crippen LogP) is 1.63. The fourth-order valence-corrected chi connectivity index (χ4v) is 1.98. The van der Waals surface area contributed by atoms with Crippen LogP contribution in [0.15, 0.2) is 24.3 Å². The van der Waals surface area contributed by atoms with Crippen molar-refractivity contribution in [1.29, 1.82) is 0 Å². The number of hydrogen-bond acceptors (Lipinski definition) is 4. The van der Waals surface area contributed by atoms with Crippen LogP contribution in [0.4, 0.5) is 0 Å². The number of halogens is 1. The van der Waals surface area contributed by atoms with Crippen molar-refractivity contribution in [3.05, 3.63) is 40.7 Å². The Kier molecular flexibility index (Phi) is 3.25. The third kappa shape index (κ3) is 2.68. The zero-order valence-corrected chi connectivity index (χ0v) is 10.6. The molecule has 1 aliphatic carbocycles. The Balaban J connectivity index is 1.71. The molecule has 3 rings (SSSR count). The Labute approximate surface area is 110 Å². The average Bonchev–Trinajstić information content (AvgIpc) is 3.10. The third-order valence-corrected chi connectivity index (χ3v) is 3.38. The van der Waals surface area contributed by atoms with Crippen LogP contribution < -0.4 is 5.32 Å². The summed E-state index contributed by atoms with van der Waals surface area (Å²) >= 11 is 6.13. The SMILES string of the molecule is Clc1ccccc1Cn1nnnc1CNC1CC1. The van der Waals surface area contributed by atoms with Crippen molar-refractivity contribution in [3.63, 3.8) is 0 Å². The van der Waals surface area contributed by atoms with Crippen LogP contribution in [0.3, 0.4) is 0 Å². The molecule has 1 aromatic heterocycles. The minimum Gasteiger partial charge on any atom is -0.307 e. The molecule has 1 saturated carbocycles. The average molecular weight is 264 g/mol. The minimum absolute atomic E-state index is 0.606. The summed E-state index contributed by atoms with van der Waals surface area (Å²) in [6.07, 6.45) is 2.51. The van der Waals surface area contributed by atoms with Gasteiger partial charge in [0.25, 0.3) is 0 Å². The van der Waals surface area contributed by atoms with Gasteiger partial charge in [-0.15, -0.1) is 5.10 Å². The van der Waals surface area contributed by atoms with Gasteiger partial charge in [-0.05, 0) is 34.9 Å². The van der Waals surface area contributed by atoms with Crippen LogP contribution in [0.2, 0.25) is 5.02 Å². The molecule has 0 amide bonds. The fourth-order valence-electron chi connectivity index (χ4n) is 1.78. The number of rotatable bonds is 5. The predicted molar refractivity (Wildman–Crippen MR) is 68.2 cm³/mol. The lowest BCUT2D eigenvalue weighted by Crippen LogP contribution is -2.19. The van der Waals surface area contributed by atoms with Crippen LogP contribution in [-0.4, -0.2) is 26.2 Å². The topological polar surface area (TPSA) is 55.6 Å². The highest BCUT2D eigenvalue weighted by atomic mass is 35.5. The molecule has 2 aromatic rings. The second-order valence-corrected chi connectivity index (χ2v) is 4.91. The van der Waals surface area contributed by atoms with Gasteiger partial charge in [0.15, 0.2) is 5.82 Å². The summed E-state index contributed by atoms with van der Waals surface area (Å²) in [5.41, 5.74) is 1.03. The van der Waals surface area contributed by atoms with Gasteiger partial charge in [0.2, 0.25) is 0 Å². The molecule has 0 spiro atoms. The van der Waals surface area contributed by atoms with Crippen LogP contribution in [0.5, 0.6) is 0 Å². The lowest BCUT2D eigenvalue weighted by atomic mass is 10.2. The lowest BCUT2D eigenvalue weighted by Gasteiger charge is -2.06. The molecule has 0 bridgehead atoms. The third-order valence-electron chi connectivity index (χ3n) is 3.01. The van der Waals surface area contributed by atoms with E-state index in [1.54, 1.807) is 4.68 Å². The van der Waals surface area contributed by atoms with Gasteiger partial charge in [0, 0.05) is 11.1 Å². The molecule has 94 valence electrons. The van der Waals surface area contributed by atoms with Gasteiger partial charge in [0.05, 0.1) is 13.1 Å². The molecule has 6 heteroatoms. The molecular formula is C12H14ClN5. The molecule has 18 heavy (non-hydrogen) atoms. The second-order valence-electron chi connectivity index (χ2n) is 4.50. The first-order valence-corrected chi connectivity index (χ1v) is 6.42. The summed E-state index contributed by atoms with van der Waals surface area (Å²) in [6.45, 7) is 1.32. The van der Waals surface area contributed by atoms with E-state index in [0.717, 1.165) is 16.4 Å². The zero-order chi connectivity index (χ0) is 12.4. The van der Waals surface area contributed by atoms with Crippen LogP contribution in [0.1, 0.15) is 24.2 Å². The normalized spacial score (nSPS) is 14.9. The van der Waals surface area contributed by atoms with E-state index in [-0.39, 0.29) is 0 Å². The molecule has 1 fully saturated rings. The Morgan fingerprint density at radius 1 is 1.33 bits per heavy atom. The molecule has 5 nitrogen and oxygen atoms in total. The summed E-state index contributed by atoms with van der Waals surface area (Å²) in [4.78, 5) is 0. The summed E-state index contributed by atoms with van der Waals surface area (Å²) in [6, 6.07) is 8.40. The van der Waals surface area contributed by atoms with E-state index in [1.165, 1.54) is 12.8 Å². The molecule has 1 N–H and O–H groups in total. The zero-order valence-electron chi connectivity index (χ0n) is 9.88. The van der Waals surface area contributed by atoms with Crippen LogP contribution in [-0.2, 0) is 13.1 Å². The molecule has 0 aliphatic heterocycles. The highest BCUT2D eigenvalue weighted by Gasteiger charge is 2.21. The fraction of sp³-hybridized carbons (Fsp3) is 0.417. The standard InChI is InChI=1S/C12H14ClN5/c13-11-4-2-1-3-9(11)8-18-12(15-16-17-18)7-14-10-5-6-10/h1-4,10,14H,5-8H2. The van der Waals surface area contributed by atoms with Crippen LogP contribution >= 0.6 is 11.6 Å². The highest BCUT2D eigenvalue weighted by Crippen LogP contribution is 2.19. The molecular weight excluding hydrogens is 250 g/mol. The van der Waals surface area contributed by atoms with Crippen molar-refractivity contribution in [3.8, 4) is 0 Å². The van der Waals surface area contributed by atoms with E-state index in [4.69, 9.17) is 11.6 Å². The van der Waals surface area contributed by atoms with E-state index in [2.05, 4.69) is 20.8 Å². The van der Waals surface area contributed by atoms with Gasteiger partial charge in [-0.3, -0.25) is 0 Å². The van der Waals surface area contributed by atoms with Crippen molar-refractivity contribution in [2.45, 2.75) is 32.0 Å². The molecule has 1 heterocycles. The van der Waals surface area contributed by atoms with Gasteiger partial charge < -0.3 is 5.32 Å². The van der Waals surface area contributed by atoms with Gasteiger partial charge in [-0.1, -0.05) is 29.8 Å². The maximum Gasteiger partial charge on any atom is 0.165 e. The van der Waals surface area contributed by atoms with Gasteiger partial charge in [0.1, 0.15) is 0 Å².